The molecule has 8 N–H and O–H groups in total. The molecule has 0 aromatic carbocycles. The average molecular weight is 617 g/mol. The molecular formula is C36H60N2O6. The van der Waals surface area contributed by atoms with Gasteiger partial charge in [-0.1, -0.05) is 76.5 Å². The monoisotopic (exact) mass is 616 g/mol. The summed E-state index contributed by atoms with van der Waals surface area (Å²) in [6.07, 6.45) is 21.0. The maximum Gasteiger partial charge on any atom is 0.309 e. The fourth-order valence-electron chi connectivity index (χ4n) is 8.92. The van der Waals surface area contributed by atoms with E-state index in [4.69, 9.17) is 5.73 Å². The Kier molecular flexibility index (Phi) is 12.8. The molecule has 4 aliphatic rings. The molecule has 1 heterocycles. The zero-order valence-electron chi connectivity index (χ0n) is 27.0. The van der Waals surface area contributed by atoms with Crippen LogP contribution in [0.3, 0.4) is 0 Å². The normalized spacial score (nSPS) is 32.7. The molecule has 2 saturated carbocycles. The van der Waals surface area contributed by atoms with E-state index in [2.05, 4.69) is 30.5 Å². The minimum atomic E-state index is -1.34. The number of allylic oxidation sites excluding steroid dienone is 3. The van der Waals surface area contributed by atoms with Crippen molar-refractivity contribution in [3.05, 3.63) is 35.7 Å². The Morgan fingerprint density at radius 3 is 2.50 bits per heavy atom. The third-order valence-corrected chi connectivity index (χ3v) is 11.5. The van der Waals surface area contributed by atoms with Crippen molar-refractivity contribution in [1.29, 1.82) is 0 Å². The van der Waals surface area contributed by atoms with E-state index >= 15 is 0 Å². The Labute approximate surface area is 264 Å². The van der Waals surface area contributed by atoms with Crippen LogP contribution in [0.2, 0.25) is 0 Å². The van der Waals surface area contributed by atoms with Crippen LogP contribution in [0.4, 0.5) is 0 Å². The van der Waals surface area contributed by atoms with Gasteiger partial charge in [-0.15, -0.1) is 0 Å². The molecule has 0 aromatic rings. The Balaban J connectivity index is 1.24. The second-order valence-corrected chi connectivity index (χ2v) is 14.6. The molecule has 0 bridgehead atoms. The number of aliphatic hydroxyl groups excluding tert-OH is 3. The van der Waals surface area contributed by atoms with Gasteiger partial charge in [-0.25, -0.2) is 0 Å². The second kappa shape index (κ2) is 16.1. The Bertz CT molecular complexity index is 1020. The molecule has 1 aliphatic heterocycles. The van der Waals surface area contributed by atoms with Crippen molar-refractivity contribution >= 4 is 5.97 Å². The summed E-state index contributed by atoms with van der Waals surface area (Å²) in [5.41, 5.74) is 5.43. The van der Waals surface area contributed by atoms with Crippen LogP contribution in [0.1, 0.15) is 122 Å². The summed E-state index contributed by atoms with van der Waals surface area (Å²) in [4.78, 5) is 12.1. The maximum absolute atomic E-state index is 12.1. The fraction of sp³-hybridized carbons (Fsp3) is 0.806. The summed E-state index contributed by atoms with van der Waals surface area (Å²) < 4.78 is 0. The van der Waals surface area contributed by atoms with E-state index in [1.165, 1.54) is 19.3 Å². The van der Waals surface area contributed by atoms with Crippen LogP contribution >= 0.6 is 0 Å². The number of hydrogen-bond donors (Lipinski definition) is 7. The number of carboxylic acids is 1. The summed E-state index contributed by atoms with van der Waals surface area (Å²) in [7, 11) is 0. The Hall–Kier alpha value is -1.87. The van der Waals surface area contributed by atoms with Crippen LogP contribution < -0.4 is 11.1 Å². The number of unbranched alkanes of at least 4 members (excludes halogenated alkanes) is 4. The lowest BCUT2D eigenvalue weighted by Crippen LogP contribution is -2.45. The average Bonchev–Trinajstić information content (AvgIpc) is 3.55. The zero-order valence-corrected chi connectivity index (χ0v) is 27.0. The first-order valence-corrected chi connectivity index (χ1v) is 17.7. The van der Waals surface area contributed by atoms with Gasteiger partial charge in [-0.05, 0) is 87.7 Å². The first kappa shape index (κ1) is 35.0. The van der Waals surface area contributed by atoms with Gasteiger partial charge >= 0.3 is 5.97 Å². The third kappa shape index (κ3) is 8.68. The number of aliphatic carboxylic acids is 1. The maximum atomic E-state index is 12.1. The predicted octanol–water partition coefficient (Wildman–Crippen LogP) is 5.30. The lowest BCUT2D eigenvalue weighted by Gasteiger charge is -2.37. The molecule has 1 spiro atoms. The molecular weight excluding hydrogens is 556 g/mol. The summed E-state index contributed by atoms with van der Waals surface area (Å²) in [5, 5.41) is 58.0. The standard InChI is InChI=1S/C36H60N2O6/c1-2-3-5-10-25-13-14-27(31(40)22-25)11-6-4-7-12-29(33(41)42)30(39)15-19-36(44)24-28(21-26-16-20-38-32(37)23-26)35(34(36)43)17-8-9-18-35/h13-14,16,23,25,27-31,34,38-40,43-44H,2-12,15,17-22,24,37H2,1H3,(H,41,42)/t25-,27-,28+,29+,30-,31-,34-,36-/m1/s1. The van der Waals surface area contributed by atoms with Gasteiger partial charge in [0.2, 0.25) is 0 Å². The summed E-state index contributed by atoms with van der Waals surface area (Å²) in [5.74, 6) is -0.520. The van der Waals surface area contributed by atoms with E-state index in [0.717, 1.165) is 69.8 Å². The molecule has 0 unspecified atom stereocenters. The number of rotatable bonds is 17. The summed E-state index contributed by atoms with van der Waals surface area (Å²) >= 11 is 0. The first-order valence-electron chi connectivity index (χ1n) is 17.7. The largest absolute Gasteiger partial charge is 0.481 e. The van der Waals surface area contributed by atoms with Crippen LogP contribution in [-0.4, -0.2) is 62.0 Å². The van der Waals surface area contributed by atoms with Crippen molar-refractivity contribution in [2.75, 3.05) is 6.54 Å². The van der Waals surface area contributed by atoms with Crippen LogP contribution in [0, 0.1) is 29.1 Å². The SMILES string of the molecule is CCCCC[C@@H]1C=C[C@@H](CCCCC[C@H](C(=O)O)[C@H](O)CC[C@@]2(O)C[C@H](CC3=CCNC(N)=C3)C3(CCCC3)[C@H]2O)[C@H](O)C1. The van der Waals surface area contributed by atoms with Crippen molar-refractivity contribution in [2.45, 2.75) is 146 Å². The van der Waals surface area contributed by atoms with Gasteiger partial charge in [0.25, 0.3) is 0 Å². The quantitative estimate of drug-likeness (QED) is 0.0857. The van der Waals surface area contributed by atoms with Crippen molar-refractivity contribution in [2.24, 2.45) is 34.8 Å². The zero-order chi connectivity index (χ0) is 31.7. The lowest BCUT2D eigenvalue weighted by molar-refractivity contribution is -0.147. The van der Waals surface area contributed by atoms with E-state index in [-0.39, 0.29) is 36.2 Å². The van der Waals surface area contributed by atoms with Crippen LogP contribution in [0.5, 0.6) is 0 Å². The smallest absolute Gasteiger partial charge is 0.309 e. The number of aliphatic hydroxyl groups is 4. The summed E-state index contributed by atoms with van der Waals surface area (Å²) in [6, 6.07) is 0. The molecule has 3 aliphatic carbocycles. The third-order valence-electron chi connectivity index (χ3n) is 11.5. The van der Waals surface area contributed by atoms with Gasteiger partial charge in [-0.3, -0.25) is 4.79 Å². The van der Waals surface area contributed by atoms with Gasteiger partial charge in [-0.2, -0.15) is 0 Å². The van der Waals surface area contributed by atoms with E-state index < -0.39 is 29.7 Å². The first-order chi connectivity index (χ1) is 21.1. The van der Waals surface area contributed by atoms with Crippen LogP contribution in [0.15, 0.2) is 35.7 Å². The highest BCUT2D eigenvalue weighted by Crippen LogP contribution is 2.60. The molecule has 8 heteroatoms. The highest BCUT2D eigenvalue weighted by Gasteiger charge is 2.61. The van der Waals surface area contributed by atoms with E-state index in [0.29, 0.717) is 37.5 Å². The number of dihydropyridines is 1. The van der Waals surface area contributed by atoms with Crippen LogP contribution in [-0.2, 0) is 4.79 Å². The Morgan fingerprint density at radius 2 is 1.82 bits per heavy atom. The van der Waals surface area contributed by atoms with E-state index in [9.17, 15) is 30.3 Å². The highest BCUT2D eigenvalue weighted by atomic mass is 16.4. The number of nitrogens with one attached hydrogen (secondary N) is 1. The molecule has 0 amide bonds. The topological polar surface area (TPSA) is 156 Å². The minimum Gasteiger partial charge on any atom is -0.481 e. The number of carboxylic acid groups (broad SMARTS) is 1. The molecule has 4 rings (SSSR count). The van der Waals surface area contributed by atoms with Crippen LogP contribution in [0.25, 0.3) is 0 Å². The van der Waals surface area contributed by atoms with Crippen molar-refractivity contribution in [3.63, 3.8) is 0 Å². The molecule has 0 aromatic heterocycles. The van der Waals surface area contributed by atoms with Gasteiger partial charge in [0.1, 0.15) is 0 Å². The fourth-order valence-corrected chi connectivity index (χ4v) is 8.92. The van der Waals surface area contributed by atoms with Gasteiger partial charge in [0.05, 0.1) is 35.7 Å². The van der Waals surface area contributed by atoms with Gasteiger partial charge in [0.15, 0.2) is 0 Å². The molecule has 0 saturated heterocycles. The van der Waals surface area contributed by atoms with Gasteiger partial charge in [0, 0.05) is 17.9 Å². The van der Waals surface area contributed by atoms with E-state index in [1.54, 1.807) is 0 Å². The van der Waals surface area contributed by atoms with Crippen molar-refractivity contribution < 1.29 is 30.3 Å². The number of nitrogens with two attached hydrogens (primary N) is 1. The second-order valence-electron chi connectivity index (χ2n) is 14.6. The molecule has 2 fully saturated rings. The molecule has 8 nitrogen and oxygen atoms in total. The molecule has 44 heavy (non-hydrogen) atoms. The van der Waals surface area contributed by atoms with Crippen molar-refractivity contribution in [3.8, 4) is 0 Å². The minimum absolute atomic E-state index is 0.107. The molecule has 8 atom stereocenters. The number of carbonyl (C=O) groups is 1. The van der Waals surface area contributed by atoms with E-state index in [1.807, 2.05) is 6.08 Å². The van der Waals surface area contributed by atoms with Gasteiger partial charge < -0.3 is 36.6 Å². The predicted molar refractivity (Wildman–Crippen MR) is 173 cm³/mol. The Morgan fingerprint density at radius 1 is 1.07 bits per heavy atom. The number of hydrogen-bond acceptors (Lipinski definition) is 7. The molecule has 250 valence electrons. The highest BCUT2D eigenvalue weighted by molar-refractivity contribution is 5.70. The lowest BCUT2D eigenvalue weighted by atomic mass is 9.71. The van der Waals surface area contributed by atoms with Crippen molar-refractivity contribution in [1.82, 2.24) is 5.32 Å². The summed E-state index contributed by atoms with van der Waals surface area (Å²) in [6.45, 7) is 2.88. The molecule has 0 radical (unpaired) electrons.